The van der Waals surface area contributed by atoms with Gasteiger partial charge in [0.2, 0.25) is 0 Å². The number of benzene rings is 2. The van der Waals surface area contributed by atoms with Gasteiger partial charge in [0, 0.05) is 22.5 Å². The second-order valence-electron chi connectivity index (χ2n) is 9.41. The number of hydrogen-bond acceptors (Lipinski definition) is 9. The Labute approximate surface area is 216 Å². The molecule has 37 heavy (non-hydrogen) atoms. The fraction of sp³-hybridized carbons (Fsp3) is 0.286. The van der Waals surface area contributed by atoms with Gasteiger partial charge in [0.05, 0.1) is 17.8 Å². The fourth-order valence-electron chi connectivity index (χ4n) is 4.02. The van der Waals surface area contributed by atoms with Crippen LogP contribution < -0.4 is 15.4 Å². The van der Waals surface area contributed by atoms with E-state index in [9.17, 15) is 0 Å². The Morgan fingerprint density at radius 1 is 0.973 bits per heavy atom. The average Bonchev–Trinajstić information content (AvgIpc) is 3.33. The van der Waals surface area contributed by atoms with Crippen molar-refractivity contribution in [3.63, 3.8) is 0 Å². The zero-order valence-corrected chi connectivity index (χ0v) is 21.5. The topological polar surface area (TPSA) is 96.8 Å². The van der Waals surface area contributed by atoms with E-state index in [0.717, 1.165) is 52.3 Å². The van der Waals surface area contributed by atoms with Crippen molar-refractivity contribution >= 4 is 34.1 Å². The lowest BCUT2D eigenvalue weighted by atomic mass is 10.1. The summed E-state index contributed by atoms with van der Waals surface area (Å²) in [5.41, 5.74) is 4.55. The number of aryl methyl sites for hydroxylation is 2. The molecule has 0 saturated carbocycles. The van der Waals surface area contributed by atoms with Crippen LogP contribution >= 0.6 is 0 Å². The molecule has 1 aliphatic heterocycles. The third kappa shape index (κ3) is 6.13. The number of fused-ring (bicyclic) bond motifs is 1. The third-order valence-electron chi connectivity index (χ3n) is 6.06. The number of hydrogen-bond donors (Lipinski definition) is 2. The summed E-state index contributed by atoms with van der Waals surface area (Å²) in [5, 5.41) is 7.61. The number of nitrogens with zero attached hydrogens (tertiary/aromatic N) is 5. The number of rotatable bonds is 8. The summed E-state index contributed by atoms with van der Waals surface area (Å²) in [6.07, 6.45) is 4.25. The largest absolute Gasteiger partial charge is 0.463 e. The normalized spacial score (nSPS) is 14.9. The molecule has 0 amide bonds. The second kappa shape index (κ2) is 10.8. The molecule has 0 radical (unpaired) electrons. The van der Waals surface area contributed by atoms with Gasteiger partial charge in [0.25, 0.3) is 6.02 Å². The van der Waals surface area contributed by atoms with Gasteiger partial charge in [-0.1, -0.05) is 0 Å². The summed E-state index contributed by atoms with van der Waals surface area (Å²) in [6.45, 7) is 5.53. The highest BCUT2D eigenvalue weighted by Crippen LogP contribution is 2.30. The Morgan fingerprint density at radius 3 is 2.59 bits per heavy atom. The summed E-state index contributed by atoms with van der Waals surface area (Å²) >= 11 is 0. The van der Waals surface area contributed by atoms with Crippen LogP contribution in [0.15, 0.2) is 66.0 Å². The molecule has 2 aromatic carbocycles. The zero-order valence-electron chi connectivity index (χ0n) is 21.5. The smallest absolute Gasteiger partial charge is 0.289 e. The first-order valence-electron chi connectivity index (χ1n) is 12.3. The molecule has 4 aromatic rings. The van der Waals surface area contributed by atoms with E-state index in [1.165, 1.54) is 0 Å². The highest BCUT2D eigenvalue weighted by atomic mass is 16.5. The van der Waals surface area contributed by atoms with Gasteiger partial charge in [-0.25, -0.2) is 15.0 Å². The Bertz CT molecular complexity index is 1420. The number of nitrogens with one attached hydrogen (secondary N) is 2. The van der Waals surface area contributed by atoms with Crippen molar-refractivity contribution in [3.8, 4) is 11.5 Å². The van der Waals surface area contributed by atoms with Crippen LogP contribution in [0.1, 0.15) is 17.7 Å². The minimum atomic E-state index is 0.170. The van der Waals surface area contributed by atoms with Gasteiger partial charge >= 0.3 is 0 Å². The van der Waals surface area contributed by atoms with Crippen LogP contribution in [0, 0.1) is 13.8 Å². The molecule has 3 heterocycles. The maximum atomic E-state index is 6.00. The Hall–Kier alpha value is -4.24. The summed E-state index contributed by atoms with van der Waals surface area (Å²) in [6, 6.07) is 16.4. The van der Waals surface area contributed by atoms with Crippen molar-refractivity contribution in [2.24, 2.45) is 4.99 Å². The molecule has 0 fully saturated rings. The van der Waals surface area contributed by atoms with E-state index in [1.54, 1.807) is 12.5 Å². The number of ether oxygens (including phenoxy) is 2. The van der Waals surface area contributed by atoms with E-state index >= 15 is 0 Å². The molecule has 9 heteroatoms. The SMILES string of the molecule is Cc1ccc(Oc2ccc(Nc3ncnc4ccc(NC5=N[C@H](CCN(C)C)CO5)cc34)cc2C)cn1. The third-order valence-corrected chi connectivity index (χ3v) is 6.06. The first-order chi connectivity index (χ1) is 17.9. The van der Waals surface area contributed by atoms with Crippen molar-refractivity contribution in [1.29, 1.82) is 0 Å². The first-order valence-corrected chi connectivity index (χ1v) is 12.3. The summed E-state index contributed by atoms with van der Waals surface area (Å²) in [5.74, 6) is 2.19. The minimum absolute atomic E-state index is 0.170. The average molecular weight is 498 g/mol. The highest BCUT2D eigenvalue weighted by molar-refractivity contribution is 5.97. The van der Waals surface area contributed by atoms with Gasteiger partial charge in [-0.15, -0.1) is 0 Å². The van der Waals surface area contributed by atoms with Crippen LogP contribution in [0.2, 0.25) is 0 Å². The van der Waals surface area contributed by atoms with Crippen molar-refractivity contribution in [1.82, 2.24) is 19.9 Å². The maximum Gasteiger partial charge on any atom is 0.289 e. The number of aliphatic imine (C=N–C) groups is 1. The van der Waals surface area contributed by atoms with E-state index in [2.05, 4.69) is 49.6 Å². The molecule has 0 bridgehead atoms. The summed E-state index contributed by atoms with van der Waals surface area (Å²) in [7, 11) is 4.13. The van der Waals surface area contributed by atoms with Crippen LogP contribution in [-0.4, -0.2) is 59.2 Å². The lowest BCUT2D eigenvalue weighted by Gasteiger charge is -2.13. The van der Waals surface area contributed by atoms with Crippen LogP contribution in [0.3, 0.4) is 0 Å². The molecule has 0 saturated heterocycles. The monoisotopic (exact) mass is 497 g/mol. The molecule has 0 unspecified atom stereocenters. The lowest BCUT2D eigenvalue weighted by molar-refractivity contribution is 0.294. The van der Waals surface area contributed by atoms with E-state index < -0.39 is 0 Å². The maximum absolute atomic E-state index is 6.00. The quantitative estimate of drug-likeness (QED) is 0.339. The number of anilines is 3. The summed E-state index contributed by atoms with van der Waals surface area (Å²) < 4.78 is 11.8. The number of amidine groups is 1. The first kappa shape index (κ1) is 24.5. The van der Waals surface area contributed by atoms with Gasteiger partial charge in [-0.3, -0.25) is 4.98 Å². The van der Waals surface area contributed by atoms with Crippen molar-refractivity contribution in [3.05, 3.63) is 72.3 Å². The standard InChI is InChI=1S/C28H31N7O2/c1-18-13-20(7-10-26(18)37-23-8-5-19(2)29-15-23)32-27-24-14-21(6-9-25(24)30-17-31-27)33-28-34-22(16-36-28)11-12-35(3)4/h5-10,13-15,17,22H,11-12,16H2,1-4H3,(H,33,34)(H,30,31,32)/t22-/m1/s1. The minimum Gasteiger partial charge on any atom is -0.463 e. The molecule has 5 rings (SSSR count). The molecular formula is C28H31N7O2. The highest BCUT2D eigenvalue weighted by Gasteiger charge is 2.19. The van der Waals surface area contributed by atoms with Crippen molar-refractivity contribution < 1.29 is 9.47 Å². The zero-order chi connectivity index (χ0) is 25.8. The summed E-state index contributed by atoms with van der Waals surface area (Å²) in [4.78, 5) is 20.0. The molecule has 1 atom stereocenters. The van der Waals surface area contributed by atoms with E-state index in [-0.39, 0.29) is 6.04 Å². The van der Waals surface area contributed by atoms with Gasteiger partial charge in [0.15, 0.2) is 0 Å². The Kier molecular flexibility index (Phi) is 7.14. The van der Waals surface area contributed by atoms with Crippen LogP contribution in [0.5, 0.6) is 11.5 Å². The van der Waals surface area contributed by atoms with Crippen molar-refractivity contribution in [2.45, 2.75) is 26.3 Å². The molecule has 2 N–H and O–H groups in total. The van der Waals surface area contributed by atoms with E-state index in [0.29, 0.717) is 24.2 Å². The Balaban J connectivity index is 1.31. The van der Waals surface area contributed by atoms with Gasteiger partial charge in [0.1, 0.15) is 30.3 Å². The molecule has 2 aromatic heterocycles. The van der Waals surface area contributed by atoms with E-state index in [1.807, 2.05) is 62.4 Å². The van der Waals surface area contributed by atoms with Gasteiger partial charge in [-0.05, 0) is 95.0 Å². The van der Waals surface area contributed by atoms with Crippen LogP contribution in [-0.2, 0) is 4.74 Å². The second-order valence-corrected chi connectivity index (χ2v) is 9.41. The van der Waals surface area contributed by atoms with Crippen LogP contribution in [0.25, 0.3) is 10.9 Å². The van der Waals surface area contributed by atoms with Gasteiger partial charge < -0.3 is 25.0 Å². The molecule has 9 nitrogen and oxygen atoms in total. The Morgan fingerprint density at radius 2 is 1.81 bits per heavy atom. The predicted octanol–water partition coefficient (Wildman–Crippen LogP) is 5.30. The molecular weight excluding hydrogens is 466 g/mol. The van der Waals surface area contributed by atoms with Crippen molar-refractivity contribution in [2.75, 3.05) is 37.9 Å². The predicted molar refractivity (Wildman–Crippen MR) is 147 cm³/mol. The van der Waals surface area contributed by atoms with Gasteiger partial charge in [-0.2, -0.15) is 0 Å². The van der Waals surface area contributed by atoms with E-state index in [4.69, 9.17) is 9.47 Å². The molecule has 0 spiro atoms. The van der Waals surface area contributed by atoms with Crippen LogP contribution in [0.4, 0.5) is 17.2 Å². The molecule has 190 valence electrons. The fourth-order valence-corrected chi connectivity index (χ4v) is 4.02. The molecule has 0 aliphatic carbocycles. The molecule has 1 aliphatic rings. The number of aromatic nitrogens is 3. The lowest BCUT2D eigenvalue weighted by Crippen LogP contribution is -2.19. The number of pyridine rings is 1.